The van der Waals surface area contributed by atoms with Gasteiger partial charge in [-0.15, -0.1) is 12.4 Å². The Balaban J connectivity index is 0.00000625. The van der Waals surface area contributed by atoms with Crippen LogP contribution in [0.4, 0.5) is 0 Å². The van der Waals surface area contributed by atoms with Gasteiger partial charge >= 0.3 is 5.97 Å². The largest absolute Gasteiger partial charge is 0.494 e. The molecule has 0 saturated heterocycles. The van der Waals surface area contributed by atoms with Crippen molar-refractivity contribution in [1.82, 2.24) is 0 Å². The van der Waals surface area contributed by atoms with Gasteiger partial charge in [0.1, 0.15) is 12.4 Å². The Kier molecular flexibility index (Phi) is 16.2. The van der Waals surface area contributed by atoms with Gasteiger partial charge in [-0.2, -0.15) is 0 Å². The Labute approximate surface area is 162 Å². The van der Waals surface area contributed by atoms with E-state index in [-0.39, 0.29) is 25.0 Å². The van der Waals surface area contributed by atoms with Crippen molar-refractivity contribution < 1.29 is 23.7 Å². The number of carbonyl (C=O) groups excluding carboxylic acids is 1. The fourth-order valence-electron chi connectivity index (χ4n) is 2.21. The number of benzene rings is 1. The van der Waals surface area contributed by atoms with Crippen molar-refractivity contribution in [3.63, 3.8) is 0 Å². The number of hydrogen-bond donors (Lipinski definition) is 1. The number of hydrogen-bond acceptors (Lipinski definition) is 6. The van der Waals surface area contributed by atoms with Gasteiger partial charge in [0.15, 0.2) is 0 Å². The van der Waals surface area contributed by atoms with Gasteiger partial charge in [0.05, 0.1) is 13.7 Å². The van der Waals surface area contributed by atoms with E-state index in [1.807, 2.05) is 12.1 Å². The maximum Gasteiger partial charge on any atom is 0.331 e. The molecule has 0 bridgehead atoms. The molecule has 0 aliphatic rings. The van der Waals surface area contributed by atoms with Crippen LogP contribution in [0.25, 0.3) is 0 Å². The van der Waals surface area contributed by atoms with E-state index in [1.54, 1.807) is 0 Å². The van der Waals surface area contributed by atoms with E-state index in [2.05, 4.69) is 16.9 Å². The number of methoxy groups -OCH3 is 1. The quantitative estimate of drug-likeness (QED) is 0.367. The van der Waals surface area contributed by atoms with Crippen LogP contribution in [0.15, 0.2) is 24.3 Å². The van der Waals surface area contributed by atoms with Crippen molar-refractivity contribution in [2.75, 3.05) is 46.7 Å². The summed E-state index contributed by atoms with van der Waals surface area (Å²) in [5.41, 5.74) is 6.78. The maximum atomic E-state index is 10.8. The van der Waals surface area contributed by atoms with E-state index in [4.69, 9.17) is 19.9 Å². The highest BCUT2D eigenvalue weighted by molar-refractivity contribution is 5.85. The minimum Gasteiger partial charge on any atom is -0.494 e. The summed E-state index contributed by atoms with van der Waals surface area (Å²) in [7, 11) is 1.35. The summed E-state index contributed by atoms with van der Waals surface area (Å²) in [4.78, 5) is 10.8. The monoisotopic (exact) mass is 389 g/mol. The summed E-state index contributed by atoms with van der Waals surface area (Å²) >= 11 is 0. The molecule has 0 unspecified atom stereocenters. The number of rotatable bonds is 15. The van der Waals surface area contributed by atoms with Crippen molar-refractivity contribution in [1.29, 1.82) is 0 Å². The average Bonchev–Trinajstić information content (AvgIpc) is 2.63. The Morgan fingerprint density at radius 2 is 1.73 bits per heavy atom. The maximum absolute atomic E-state index is 10.8. The normalized spacial score (nSPS) is 10.2. The molecule has 0 atom stereocenters. The fourth-order valence-corrected chi connectivity index (χ4v) is 2.21. The minimum atomic E-state index is -0.353. The molecule has 0 saturated carbocycles. The zero-order valence-electron chi connectivity index (χ0n) is 15.6. The second kappa shape index (κ2) is 17.1. The number of unbranched alkanes of at least 4 members (excludes halogenated alkanes) is 2. The summed E-state index contributed by atoms with van der Waals surface area (Å²) in [6.45, 7) is 3.26. The van der Waals surface area contributed by atoms with Gasteiger partial charge in [-0.1, -0.05) is 12.1 Å². The predicted molar refractivity (Wildman–Crippen MR) is 104 cm³/mol. The zero-order chi connectivity index (χ0) is 18.2. The molecular formula is C19H32ClNO5. The van der Waals surface area contributed by atoms with Crippen LogP contribution in [-0.2, 0) is 25.4 Å². The third-order valence-corrected chi connectivity index (χ3v) is 3.56. The van der Waals surface area contributed by atoms with E-state index < -0.39 is 0 Å². The van der Waals surface area contributed by atoms with E-state index in [0.29, 0.717) is 26.4 Å². The molecule has 0 heterocycles. The van der Waals surface area contributed by atoms with Crippen LogP contribution in [0.1, 0.15) is 31.2 Å². The lowest BCUT2D eigenvalue weighted by Gasteiger charge is -2.08. The van der Waals surface area contributed by atoms with E-state index in [1.165, 1.54) is 12.7 Å². The number of halogens is 1. The number of ether oxygens (including phenoxy) is 4. The molecule has 150 valence electrons. The zero-order valence-corrected chi connectivity index (χ0v) is 16.4. The Morgan fingerprint density at radius 3 is 2.50 bits per heavy atom. The molecule has 1 aromatic rings. The van der Waals surface area contributed by atoms with Crippen LogP contribution in [0, 0.1) is 0 Å². The van der Waals surface area contributed by atoms with Gasteiger partial charge < -0.3 is 24.7 Å². The molecule has 1 rings (SSSR count). The number of nitrogens with two attached hydrogens (primary N) is 1. The Bertz CT molecular complexity index is 473. The molecule has 0 aromatic heterocycles. The second-order valence-corrected chi connectivity index (χ2v) is 5.69. The lowest BCUT2D eigenvalue weighted by Crippen LogP contribution is -2.11. The third-order valence-electron chi connectivity index (χ3n) is 3.56. The van der Waals surface area contributed by atoms with Gasteiger partial charge in [0.2, 0.25) is 0 Å². The fraction of sp³-hybridized carbons (Fsp3) is 0.632. The first-order valence-electron chi connectivity index (χ1n) is 8.90. The van der Waals surface area contributed by atoms with Gasteiger partial charge in [0, 0.05) is 19.8 Å². The average molecular weight is 390 g/mol. The first kappa shape index (κ1) is 24.7. The van der Waals surface area contributed by atoms with Gasteiger partial charge in [-0.05, 0) is 56.3 Å². The van der Waals surface area contributed by atoms with Crippen LogP contribution in [0.3, 0.4) is 0 Å². The van der Waals surface area contributed by atoms with Crippen molar-refractivity contribution in [3.05, 3.63) is 29.8 Å². The lowest BCUT2D eigenvalue weighted by molar-refractivity contribution is -0.146. The molecular weight excluding hydrogens is 358 g/mol. The highest BCUT2D eigenvalue weighted by atomic mass is 35.5. The van der Waals surface area contributed by atoms with Gasteiger partial charge in [-0.25, -0.2) is 4.79 Å². The van der Waals surface area contributed by atoms with Gasteiger partial charge in [-0.3, -0.25) is 0 Å². The predicted octanol–water partition coefficient (Wildman–Crippen LogP) is 2.76. The van der Waals surface area contributed by atoms with Crippen molar-refractivity contribution >= 4 is 18.4 Å². The smallest absolute Gasteiger partial charge is 0.331 e. The number of carbonyl (C=O) groups is 1. The first-order valence-corrected chi connectivity index (χ1v) is 8.90. The van der Waals surface area contributed by atoms with Crippen LogP contribution in [0.5, 0.6) is 5.75 Å². The topological polar surface area (TPSA) is 80.0 Å². The summed E-state index contributed by atoms with van der Waals surface area (Å²) in [6.07, 6.45) is 4.75. The molecule has 0 fully saturated rings. The summed E-state index contributed by atoms with van der Waals surface area (Å²) in [5.74, 6) is 0.559. The molecule has 0 spiro atoms. The van der Waals surface area contributed by atoms with Crippen molar-refractivity contribution in [3.8, 4) is 5.75 Å². The summed E-state index contributed by atoms with van der Waals surface area (Å²) in [5, 5.41) is 0. The van der Waals surface area contributed by atoms with Crippen molar-refractivity contribution in [2.45, 2.75) is 32.1 Å². The third kappa shape index (κ3) is 12.9. The standard InChI is InChI=1S/C19H31NO5.ClH/c1-22-19(21)16-24-13-6-12-23-11-3-2-4-14-25-18-8-5-7-17(15-18)9-10-20;/h5,7-8,15H,2-4,6,9-14,16,20H2,1H3;1H. The lowest BCUT2D eigenvalue weighted by atomic mass is 10.1. The Morgan fingerprint density at radius 1 is 1.00 bits per heavy atom. The molecule has 0 aliphatic carbocycles. The Hall–Kier alpha value is -1.34. The van der Waals surface area contributed by atoms with E-state index >= 15 is 0 Å². The minimum absolute atomic E-state index is 0. The molecule has 0 radical (unpaired) electrons. The SMILES string of the molecule is COC(=O)COCCCOCCCCCOc1cccc(CCN)c1.Cl. The van der Waals surface area contributed by atoms with Crippen LogP contribution in [0.2, 0.25) is 0 Å². The van der Waals surface area contributed by atoms with E-state index in [9.17, 15) is 4.79 Å². The molecule has 26 heavy (non-hydrogen) atoms. The van der Waals surface area contributed by atoms with E-state index in [0.717, 1.165) is 44.5 Å². The summed E-state index contributed by atoms with van der Waals surface area (Å²) < 4.78 is 20.9. The van der Waals surface area contributed by atoms with Gasteiger partial charge in [0.25, 0.3) is 0 Å². The van der Waals surface area contributed by atoms with Crippen LogP contribution < -0.4 is 10.5 Å². The molecule has 6 nitrogen and oxygen atoms in total. The molecule has 0 aliphatic heterocycles. The number of esters is 1. The first-order chi connectivity index (χ1) is 12.3. The molecule has 2 N–H and O–H groups in total. The van der Waals surface area contributed by atoms with Crippen LogP contribution >= 0.6 is 12.4 Å². The van der Waals surface area contributed by atoms with Crippen molar-refractivity contribution in [2.24, 2.45) is 5.73 Å². The molecule has 0 amide bonds. The molecule has 7 heteroatoms. The van der Waals surface area contributed by atoms with Crippen LogP contribution in [-0.4, -0.2) is 52.7 Å². The summed E-state index contributed by atoms with van der Waals surface area (Å²) in [6, 6.07) is 8.10. The highest BCUT2D eigenvalue weighted by Crippen LogP contribution is 2.14. The highest BCUT2D eigenvalue weighted by Gasteiger charge is 1.99. The second-order valence-electron chi connectivity index (χ2n) is 5.69. The molecule has 1 aromatic carbocycles.